The molecule has 0 saturated carbocycles. The Morgan fingerprint density at radius 1 is 1.16 bits per heavy atom. The van der Waals surface area contributed by atoms with Gasteiger partial charge in [0.2, 0.25) is 0 Å². The summed E-state index contributed by atoms with van der Waals surface area (Å²) >= 11 is 4.79. The van der Waals surface area contributed by atoms with E-state index >= 15 is 0 Å². The molecule has 9 nitrogen and oxygen atoms in total. The van der Waals surface area contributed by atoms with Crippen LogP contribution in [0.2, 0.25) is 0 Å². The fourth-order valence-electron chi connectivity index (χ4n) is 4.56. The van der Waals surface area contributed by atoms with Crippen molar-refractivity contribution in [2.24, 2.45) is 0 Å². The minimum atomic E-state index is -3.83. The minimum Gasteiger partial charge on any atom is -0.420 e. The Labute approximate surface area is 222 Å². The molecule has 0 bridgehead atoms. The first-order valence-electron chi connectivity index (χ1n) is 11.8. The number of alkyl halides is 3. The SMILES string of the molecule is CO[C@H]1CCN(c2ncc(C(=O)Nc3ccc(OC(F)(F)Cl)cc3)cc2-c2cnc3c(c2)C(=O)N(C)C3)C1. The summed E-state index contributed by atoms with van der Waals surface area (Å²) in [4.78, 5) is 38.5. The Morgan fingerprint density at radius 3 is 2.61 bits per heavy atom. The number of methoxy groups -OCH3 is 1. The number of fused-ring (bicyclic) bond motifs is 1. The quantitative estimate of drug-likeness (QED) is 0.442. The molecular weight excluding hydrogens is 520 g/mol. The van der Waals surface area contributed by atoms with Crippen molar-refractivity contribution in [1.82, 2.24) is 14.9 Å². The number of anilines is 2. The van der Waals surface area contributed by atoms with Gasteiger partial charge in [0.05, 0.1) is 29.5 Å². The van der Waals surface area contributed by atoms with Gasteiger partial charge < -0.3 is 24.6 Å². The van der Waals surface area contributed by atoms with E-state index in [1.807, 2.05) is 0 Å². The van der Waals surface area contributed by atoms with E-state index in [2.05, 4.69) is 24.9 Å². The molecule has 38 heavy (non-hydrogen) atoms. The lowest BCUT2D eigenvalue weighted by Gasteiger charge is -2.21. The number of aromatic nitrogens is 2. The normalized spacial score (nSPS) is 17.1. The molecule has 0 radical (unpaired) electrons. The molecule has 1 fully saturated rings. The van der Waals surface area contributed by atoms with E-state index in [1.54, 1.807) is 37.4 Å². The number of benzene rings is 1. The second kappa shape index (κ2) is 10.1. The number of rotatable bonds is 7. The Morgan fingerprint density at radius 2 is 1.92 bits per heavy atom. The van der Waals surface area contributed by atoms with E-state index in [-0.39, 0.29) is 23.3 Å². The molecule has 12 heteroatoms. The van der Waals surface area contributed by atoms with Crippen LogP contribution in [0.15, 0.2) is 48.8 Å². The Kier molecular flexibility index (Phi) is 6.89. The Balaban J connectivity index is 1.45. The van der Waals surface area contributed by atoms with Crippen molar-refractivity contribution in [3.8, 4) is 16.9 Å². The lowest BCUT2D eigenvalue weighted by molar-refractivity contribution is -0.0964. The molecule has 0 aliphatic carbocycles. The molecule has 1 atom stereocenters. The zero-order chi connectivity index (χ0) is 27.0. The van der Waals surface area contributed by atoms with E-state index in [0.717, 1.165) is 13.0 Å². The largest absolute Gasteiger partial charge is 0.487 e. The fourth-order valence-corrected chi connectivity index (χ4v) is 4.65. The van der Waals surface area contributed by atoms with Crippen molar-refractivity contribution in [1.29, 1.82) is 0 Å². The second-order valence-corrected chi connectivity index (χ2v) is 9.53. The van der Waals surface area contributed by atoms with Gasteiger partial charge in [-0.25, -0.2) is 4.98 Å². The van der Waals surface area contributed by atoms with Crippen molar-refractivity contribution in [2.75, 3.05) is 37.5 Å². The number of nitrogens with zero attached hydrogens (tertiary/aromatic N) is 4. The standard InChI is InChI=1S/C26H24ClF2N5O4/c1-33-14-22-21(25(33)36)9-15(11-30-22)20-10-16(12-31-23(20)34-8-7-19(13-34)37-2)24(35)32-17-3-5-18(6-4-17)38-26(27,28)29/h3-6,9-12,19H,7-8,13-14H2,1-2H3,(H,32,35)/t19-/m0/s1. The van der Waals surface area contributed by atoms with Crippen LogP contribution < -0.4 is 15.0 Å². The molecule has 2 aliphatic rings. The topological polar surface area (TPSA) is 96.9 Å². The molecule has 0 unspecified atom stereocenters. The molecule has 1 saturated heterocycles. The summed E-state index contributed by atoms with van der Waals surface area (Å²) in [6.45, 7) is 1.80. The van der Waals surface area contributed by atoms with E-state index in [4.69, 9.17) is 16.3 Å². The summed E-state index contributed by atoms with van der Waals surface area (Å²) < 4.78 is 35.5. The number of hydrogen-bond acceptors (Lipinski definition) is 7. The monoisotopic (exact) mass is 543 g/mol. The zero-order valence-electron chi connectivity index (χ0n) is 20.6. The summed E-state index contributed by atoms with van der Waals surface area (Å²) in [6.07, 6.45) is 4.05. The molecule has 3 aromatic rings. The third-order valence-corrected chi connectivity index (χ3v) is 6.57. The van der Waals surface area contributed by atoms with E-state index in [1.165, 1.54) is 30.5 Å². The highest BCUT2D eigenvalue weighted by atomic mass is 35.5. The van der Waals surface area contributed by atoms with E-state index < -0.39 is 11.5 Å². The molecule has 5 rings (SSSR count). The first-order valence-corrected chi connectivity index (χ1v) is 12.2. The summed E-state index contributed by atoms with van der Waals surface area (Å²) in [5.41, 5.74) is -0.672. The molecule has 1 N–H and O–H groups in total. The van der Waals surface area contributed by atoms with E-state index in [9.17, 15) is 18.4 Å². The summed E-state index contributed by atoms with van der Waals surface area (Å²) in [6, 6.07) is 8.85. The van der Waals surface area contributed by atoms with Crippen LogP contribution in [0.25, 0.3) is 11.1 Å². The van der Waals surface area contributed by atoms with Crippen molar-refractivity contribution in [2.45, 2.75) is 24.6 Å². The smallest absolute Gasteiger partial charge is 0.420 e. The number of halogens is 3. The third kappa shape index (κ3) is 5.39. The number of amides is 2. The maximum atomic E-state index is 13.1. The van der Waals surface area contributed by atoms with Gasteiger partial charge in [0, 0.05) is 68.1 Å². The molecule has 198 valence electrons. The van der Waals surface area contributed by atoms with Gasteiger partial charge in [0.25, 0.3) is 11.8 Å². The summed E-state index contributed by atoms with van der Waals surface area (Å²) in [7, 11) is 3.39. The Hall–Kier alpha value is -3.83. The van der Waals surface area contributed by atoms with Crippen LogP contribution in [0.3, 0.4) is 0 Å². The third-order valence-electron chi connectivity index (χ3n) is 6.50. The minimum absolute atomic E-state index is 0.0618. The molecular formula is C26H24ClF2N5O4. The van der Waals surface area contributed by atoms with Crippen LogP contribution in [0, 0.1) is 0 Å². The van der Waals surface area contributed by atoms with Gasteiger partial charge in [0.1, 0.15) is 11.6 Å². The van der Waals surface area contributed by atoms with Crippen LogP contribution in [-0.2, 0) is 11.3 Å². The van der Waals surface area contributed by atoms with E-state index in [0.29, 0.717) is 47.0 Å². The molecule has 2 aliphatic heterocycles. The highest BCUT2D eigenvalue weighted by Gasteiger charge is 2.30. The number of nitrogens with one attached hydrogen (secondary N) is 1. The van der Waals surface area contributed by atoms with Crippen LogP contribution >= 0.6 is 11.6 Å². The average molecular weight is 544 g/mol. The van der Waals surface area contributed by atoms with Gasteiger partial charge in [-0.15, -0.1) is 8.78 Å². The molecule has 0 spiro atoms. The number of ether oxygens (including phenoxy) is 2. The predicted molar refractivity (Wildman–Crippen MR) is 137 cm³/mol. The maximum Gasteiger partial charge on any atom is 0.487 e. The van der Waals surface area contributed by atoms with Crippen molar-refractivity contribution >= 4 is 34.9 Å². The highest BCUT2D eigenvalue weighted by molar-refractivity contribution is 6.20. The number of carbonyl (C=O) groups excluding carboxylic acids is 2. The number of pyridine rings is 2. The summed E-state index contributed by atoms with van der Waals surface area (Å²) in [5.74, 6) is -0.0637. The lowest BCUT2D eigenvalue weighted by Crippen LogP contribution is -2.24. The van der Waals surface area contributed by atoms with Gasteiger partial charge in [-0.05, 0) is 42.8 Å². The summed E-state index contributed by atoms with van der Waals surface area (Å²) in [5, 5.41) is 2.72. The van der Waals surface area contributed by atoms with Gasteiger partial charge in [-0.2, -0.15) is 0 Å². The van der Waals surface area contributed by atoms with Crippen LogP contribution in [-0.4, -0.2) is 65.6 Å². The maximum absolute atomic E-state index is 13.1. The fraction of sp³-hybridized carbons (Fsp3) is 0.308. The molecule has 2 aromatic heterocycles. The van der Waals surface area contributed by atoms with Gasteiger partial charge in [-0.3, -0.25) is 14.6 Å². The predicted octanol–water partition coefficient (Wildman–Crippen LogP) is 4.37. The van der Waals surface area contributed by atoms with Crippen LogP contribution in [0.4, 0.5) is 20.3 Å². The number of hydrogen-bond donors (Lipinski definition) is 1. The Bertz CT molecular complexity index is 1380. The molecule has 4 heterocycles. The van der Waals surface area contributed by atoms with Gasteiger partial charge in [0.15, 0.2) is 0 Å². The van der Waals surface area contributed by atoms with Crippen LogP contribution in [0.1, 0.15) is 32.8 Å². The molecule has 1 aromatic carbocycles. The average Bonchev–Trinajstić information content (AvgIpc) is 3.48. The van der Waals surface area contributed by atoms with Crippen molar-refractivity contribution in [3.05, 3.63) is 65.6 Å². The van der Waals surface area contributed by atoms with Gasteiger partial charge in [-0.1, -0.05) is 0 Å². The van der Waals surface area contributed by atoms with Crippen LogP contribution in [0.5, 0.6) is 5.75 Å². The van der Waals surface area contributed by atoms with Crippen molar-refractivity contribution in [3.63, 3.8) is 0 Å². The number of carbonyl (C=O) groups is 2. The zero-order valence-corrected chi connectivity index (χ0v) is 21.3. The first kappa shape index (κ1) is 25.8. The van der Waals surface area contributed by atoms with Crippen molar-refractivity contribution < 1.29 is 27.8 Å². The lowest BCUT2D eigenvalue weighted by atomic mass is 10.0. The second-order valence-electron chi connectivity index (χ2n) is 9.09. The highest BCUT2D eigenvalue weighted by Crippen LogP contribution is 2.34. The first-order chi connectivity index (χ1) is 18.1. The molecule has 2 amide bonds. The van der Waals surface area contributed by atoms with Gasteiger partial charge >= 0.3 is 5.57 Å².